The average molecular weight is 592 g/mol. The molecule has 7 heteroatoms. The van der Waals surface area contributed by atoms with Crippen molar-refractivity contribution in [1.82, 2.24) is 5.32 Å². The number of aryl methyl sites for hydroxylation is 3. The van der Waals surface area contributed by atoms with E-state index in [2.05, 4.69) is 22.9 Å². The van der Waals surface area contributed by atoms with Crippen LogP contribution >= 0.6 is 11.8 Å². The summed E-state index contributed by atoms with van der Waals surface area (Å²) in [5.41, 5.74) is 5.97. The molecule has 43 heavy (non-hydrogen) atoms. The summed E-state index contributed by atoms with van der Waals surface area (Å²) < 4.78 is 0. The molecular weight excluding hydrogens is 554 g/mol. The lowest BCUT2D eigenvalue weighted by Gasteiger charge is -2.18. The fourth-order valence-corrected chi connectivity index (χ4v) is 5.62. The van der Waals surface area contributed by atoms with E-state index in [1.54, 1.807) is 36.4 Å². The fraction of sp³-hybridized carbons (Fsp3) is 0.194. The van der Waals surface area contributed by atoms with Gasteiger partial charge in [0, 0.05) is 21.8 Å². The molecule has 0 radical (unpaired) electrons. The lowest BCUT2D eigenvalue weighted by molar-refractivity contribution is -0.116. The zero-order valence-corrected chi connectivity index (χ0v) is 25.8. The first kappa shape index (κ1) is 31.3. The van der Waals surface area contributed by atoms with Gasteiger partial charge in [-0.1, -0.05) is 86.1 Å². The highest BCUT2D eigenvalue weighted by Gasteiger charge is 2.21. The Hall–Kier alpha value is -4.62. The Labute approximate surface area is 258 Å². The number of benzene rings is 4. The molecule has 0 aliphatic heterocycles. The van der Waals surface area contributed by atoms with Crippen molar-refractivity contribution in [3.05, 3.63) is 131 Å². The zero-order chi connectivity index (χ0) is 30.8. The Morgan fingerprint density at radius 2 is 1.56 bits per heavy atom. The van der Waals surface area contributed by atoms with Crippen LogP contribution in [0, 0.1) is 13.8 Å². The van der Waals surface area contributed by atoms with E-state index in [1.165, 1.54) is 11.8 Å². The van der Waals surface area contributed by atoms with Crippen molar-refractivity contribution in [3.63, 3.8) is 0 Å². The molecule has 0 saturated heterocycles. The third-order valence-electron chi connectivity index (χ3n) is 6.90. The van der Waals surface area contributed by atoms with Crippen LogP contribution in [0.25, 0.3) is 6.08 Å². The van der Waals surface area contributed by atoms with E-state index in [-0.39, 0.29) is 22.8 Å². The van der Waals surface area contributed by atoms with Crippen molar-refractivity contribution in [2.75, 3.05) is 10.6 Å². The number of carbonyl (C=O) groups excluding carboxylic acids is 3. The van der Waals surface area contributed by atoms with Crippen molar-refractivity contribution in [2.24, 2.45) is 0 Å². The first-order chi connectivity index (χ1) is 20.8. The van der Waals surface area contributed by atoms with E-state index in [9.17, 15) is 14.4 Å². The Morgan fingerprint density at radius 3 is 2.28 bits per heavy atom. The number of hydrogen-bond acceptors (Lipinski definition) is 4. The van der Waals surface area contributed by atoms with Crippen LogP contribution in [0.1, 0.15) is 52.9 Å². The summed E-state index contributed by atoms with van der Waals surface area (Å²) in [6, 6.07) is 29.9. The Balaban J connectivity index is 1.51. The molecule has 0 bridgehead atoms. The minimum absolute atomic E-state index is 0.0575. The van der Waals surface area contributed by atoms with Crippen LogP contribution in [0.3, 0.4) is 0 Å². The molecule has 6 nitrogen and oxygen atoms in total. The highest BCUT2D eigenvalue weighted by molar-refractivity contribution is 8.00. The number of anilines is 2. The number of amides is 3. The molecule has 4 aromatic carbocycles. The minimum Gasteiger partial charge on any atom is -0.325 e. The van der Waals surface area contributed by atoms with Gasteiger partial charge in [-0.05, 0) is 79.8 Å². The molecule has 0 fully saturated rings. The van der Waals surface area contributed by atoms with Crippen LogP contribution < -0.4 is 16.0 Å². The van der Waals surface area contributed by atoms with Crippen molar-refractivity contribution in [2.45, 2.75) is 50.7 Å². The summed E-state index contributed by atoms with van der Waals surface area (Å²) in [4.78, 5) is 40.6. The number of para-hydroxylation sites is 1. The normalized spacial score (nSPS) is 11.9. The second kappa shape index (κ2) is 15.0. The number of thioether (sulfide) groups is 1. The lowest BCUT2D eigenvalue weighted by atomic mass is 10.1. The molecule has 0 spiro atoms. The van der Waals surface area contributed by atoms with Gasteiger partial charge in [0.05, 0.1) is 5.25 Å². The minimum atomic E-state index is -0.454. The Kier molecular flexibility index (Phi) is 10.9. The standard InChI is InChI=1S/C36H37N3O3S/c1-5-27-18-11-14-25(4)33(27)39-36(42)32(6-2)43-30-20-12-19-29(23-30)37-35(41)31(22-26-15-10-13-24(3)21-26)38-34(40)28-16-8-7-9-17-28/h7-23,32H,5-6H2,1-4H3,(H,37,41)(H,38,40)(H,39,42)/b31-22+. The molecule has 4 rings (SSSR count). The molecule has 0 aliphatic rings. The van der Waals surface area contributed by atoms with Crippen LogP contribution in [0.4, 0.5) is 11.4 Å². The number of hydrogen-bond donors (Lipinski definition) is 3. The zero-order valence-electron chi connectivity index (χ0n) is 24.9. The first-order valence-electron chi connectivity index (χ1n) is 14.4. The van der Waals surface area contributed by atoms with Crippen LogP contribution in [-0.2, 0) is 16.0 Å². The molecule has 3 N–H and O–H groups in total. The van der Waals surface area contributed by atoms with Crippen LogP contribution in [0.2, 0.25) is 0 Å². The number of carbonyl (C=O) groups is 3. The topological polar surface area (TPSA) is 87.3 Å². The van der Waals surface area contributed by atoms with Gasteiger partial charge >= 0.3 is 0 Å². The molecule has 0 heterocycles. The third-order valence-corrected chi connectivity index (χ3v) is 8.26. The predicted octanol–water partition coefficient (Wildman–Crippen LogP) is 7.78. The highest BCUT2D eigenvalue weighted by atomic mass is 32.2. The monoisotopic (exact) mass is 591 g/mol. The maximum Gasteiger partial charge on any atom is 0.272 e. The first-order valence-corrected chi connectivity index (χ1v) is 15.3. The van der Waals surface area contributed by atoms with Gasteiger partial charge in [-0.3, -0.25) is 14.4 Å². The van der Waals surface area contributed by atoms with E-state index >= 15 is 0 Å². The third kappa shape index (κ3) is 8.69. The Bertz CT molecular complexity index is 1630. The van der Waals surface area contributed by atoms with Crippen molar-refractivity contribution >= 4 is 46.9 Å². The van der Waals surface area contributed by atoms with Crippen LogP contribution in [0.15, 0.2) is 108 Å². The molecule has 0 saturated carbocycles. The smallest absolute Gasteiger partial charge is 0.272 e. The van der Waals surface area contributed by atoms with E-state index in [4.69, 9.17) is 0 Å². The van der Waals surface area contributed by atoms with E-state index in [1.807, 2.05) is 87.5 Å². The molecular formula is C36H37N3O3S. The summed E-state index contributed by atoms with van der Waals surface area (Å²) in [6.45, 7) is 8.03. The molecule has 3 amide bonds. The molecule has 220 valence electrons. The van der Waals surface area contributed by atoms with Gasteiger partial charge in [-0.2, -0.15) is 0 Å². The maximum atomic E-state index is 13.5. The summed E-state index contributed by atoms with van der Waals surface area (Å²) in [6.07, 6.45) is 3.12. The average Bonchev–Trinajstić information content (AvgIpc) is 3.01. The summed E-state index contributed by atoms with van der Waals surface area (Å²) in [5, 5.41) is 8.52. The molecule has 1 unspecified atom stereocenters. The van der Waals surface area contributed by atoms with Gasteiger partial charge < -0.3 is 16.0 Å². The predicted molar refractivity (Wildman–Crippen MR) is 177 cm³/mol. The number of nitrogens with one attached hydrogen (secondary N) is 3. The highest BCUT2D eigenvalue weighted by Crippen LogP contribution is 2.30. The molecule has 1 atom stereocenters. The SMILES string of the molecule is CCc1cccc(C)c1NC(=O)C(CC)Sc1cccc(NC(=O)/C(=C\c2cccc(C)c2)NC(=O)c2ccccc2)c1. The van der Waals surface area contributed by atoms with Crippen molar-refractivity contribution in [3.8, 4) is 0 Å². The maximum absolute atomic E-state index is 13.5. The molecule has 0 aliphatic carbocycles. The van der Waals surface area contributed by atoms with Crippen LogP contribution in [0.5, 0.6) is 0 Å². The van der Waals surface area contributed by atoms with Gasteiger partial charge in [0.15, 0.2) is 0 Å². The van der Waals surface area contributed by atoms with E-state index in [0.717, 1.165) is 39.3 Å². The second-order valence-corrected chi connectivity index (χ2v) is 11.5. The quantitative estimate of drug-likeness (QED) is 0.123. The second-order valence-electron chi connectivity index (χ2n) is 10.2. The van der Waals surface area contributed by atoms with Crippen LogP contribution in [-0.4, -0.2) is 23.0 Å². The van der Waals surface area contributed by atoms with Gasteiger partial charge in [0.1, 0.15) is 5.70 Å². The van der Waals surface area contributed by atoms with Gasteiger partial charge in [0.2, 0.25) is 5.91 Å². The van der Waals surface area contributed by atoms with Gasteiger partial charge in [-0.15, -0.1) is 11.8 Å². The van der Waals surface area contributed by atoms with E-state index < -0.39 is 5.91 Å². The summed E-state index contributed by atoms with van der Waals surface area (Å²) >= 11 is 1.45. The lowest BCUT2D eigenvalue weighted by Crippen LogP contribution is -2.30. The van der Waals surface area contributed by atoms with Gasteiger partial charge in [0.25, 0.3) is 11.8 Å². The largest absolute Gasteiger partial charge is 0.325 e. The van der Waals surface area contributed by atoms with E-state index in [0.29, 0.717) is 17.7 Å². The summed E-state index contributed by atoms with van der Waals surface area (Å²) in [5.74, 6) is -0.891. The summed E-state index contributed by atoms with van der Waals surface area (Å²) in [7, 11) is 0. The molecule has 4 aromatic rings. The Morgan fingerprint density at radius 1 is 0.814 bits per heavy atom. The van der Waals surface area contributed by atoms with Crippen molar-refractivity contribution in [1.29, 1.82) is 0 Å². The molecule has 0 aromatic heterocycles. The van der Waals surface area contributed by atoms with Crippen molar-refractivity contribution < 1.29 is 14.4 Å². The fourth-order valence-electron chi connectivity index (χ4n) is 4.61. The van der Waals surface area contributed by atoms with Gasteiger partial charge in [-0.25, -0.2) is 0 Å². The number of rotatable bonds is 11.